The Hall–Kier alpha value is -1.74. The molecule has 3 rings (SSSR count). The number of carbonyl (C=O) groups is 1. The smallest absolute Gasteiger partial charge is 0.251 e. The van der Waals surface area contributed by atoms with Gasteiger partial charge in [0.05, 0.1) is 10.9 Å². The topological polar surface area (TPSA) is 69.7 Å². The van der Waals surface area contributed by atoms with E-state index in [4.69, 9.17) is 0 Å². The molecule has 1 aliphatic rings. The van der Waals surface area contributed by atoms with Crippen molar-refractivity contribution in [2.24, 2.45) is 0 Å². The number of carbonyl (C=O) groups excluding carboxylic acids is 1. The maximum absolute atomic E-state index is 13.0. The van der Waals surface area contributed by atoms with E-state index < -0.39 is 10.0 Å². The zero-order valence-electron chi connectivity index (χ0n) is 17.2. The fourth-order valence-corrected chi connectivity index (χ4v) is 5.86. The summed E-state index contributed by atoms with van der Waals surface area (Å²) in [4.78, 5) is 15.1. The maximum atomic E-state index is 13.0. The molecule has 1 amide bonds. The van der Waals surface area contributed by atoms with Gasteiger partial charge >= 0.3 is 0 Å². The molecule has 1 aromatic carbocycles. The predicted octanol–water partition coefficient (Wildman–Crippen LogP) is 3.26. The van der Waals surface area contributed by atoms with E-state index in [1.54, 1.807) is 23.5 Å². The summed E-state index contributed by atoms with van der Waals surface area (Å²) < 4.78 is 27.5. The molecular weight excluding hydrogens is 406 g/mol. The molecule has 0 aliphatic carbocycles. The number of thiophene rings is 1. The SMILES string of the molecule is Cc1ccc(S(=O)(=O)N2CCCCC2)cc1C(=O)NCC(c1ccsc1)N(C)C. The number of nitrogens with zero attached hydrogens (tertiary/aromatic N) is 2. The molecule has 0 bridgehead atoms. The second-order valence-corrected chi connectivity index (χ2v) is 10.4. The zero-order valence-corrected chi connectivity index (χ0v) is 18.9. The van der Waals surface area contributed by atoms with Crippen LogP contribution < -0.4 is 5.32 Å². The van der Waals surface area contributed by atoms with E-state index in [1.165, 1.54) is 10.4 Å². The molecule has 158 valence electrons. The lowest BCUT2D eigenvalue weighted by molar-refractivity contribution is 0.0941. The lowest BCUT2D eigenvalue weighted by Gasteiger charge is -2.26. The first-order chi connectivity index (χ1) is 13.8. The van der Waals surface area contributed by atoms with Crippen LogP contribution in [-0.2, 0) is 10.0 Å². The van der Waals surface area contributed by atoms with Crippen molar-refractivity contribution >= 4 is 27.3 Å². The number of benzene rings is 1. The third-order valence-corrected chi connectivity index (χ3v) is 8.01. The number of likely N-dealkylation sites (N-methyl/N-ethyl adjacent to an activating group) is 1. The molecule has 29 heavy (non-hydrogen) atoms. The molecule has 0 saturated carbocycles. The number of nitrogens with one attached hydrogen (secondary N) is 1. The largest absolute Gasteiger partial charge is 0.350 e. The van der Waals surface area contributed by atoms with Crippen LogP contribution in [0.1, 0.15) is 46.8 Å². The van der Waals surface area contributed by atoms with Crippen LogP contribution in [0.4, 0.5) is 0 Å². The van der Waals surface area contributed by atoms with Crippen LogP contribution in [0.2, 0.25) is 0 Å². The van der Waals surface area contributed by atoms with E-state index in [1.807, 2.05) is 26.4 Å². The second kappa shape index (κ2) is 9.38. The number of amides is 1. The van der Waals surface area contributed by atoms with Gasteiger partial charge in [0.15, 0.2) is 0 Å². The van der Waals surface area contributed by atoms with E-state index in [-0.39, 0.29) is 16.8 Å². The van der Waals surface area contributed by atoms with E-state index in [0.29, 0.717) is 25.2 Å². The predicted molar refractivity (Wildman–Crippen MR) is 117 cm³/mol. The summed E-state index contributed by atoms with van der Waals surface area (Å²) in [6, 6.07) is 6.95. The van der Waals surface area contributed by atoms with Crippen molar-refractivity contribution in [3.8, 4) is 0 Å². The van der Waals surface area contributed by atoms with Crippen LogP contribution in [0.25, 0.3) is 0 Å². The van der Waals surface area contributed by atoms with Crippen LogP contribution in [0.3, 0.4) is 0 Å². The summed E-state index contributed by atoms with van der Waals surface area (Å²) >= 11 is 1.63. The number of sulfonamides is 1. The minimum atomic E-state index is -3.57. The summed E-state index contributed by atoms with van der Waals surface area (Å²) in [6.07, 6.45) is 2.82. The second-order valence-electron chi connectivity index (χ2n) is 7.69. The minimum absolute atomic E-state index is 0.0609. The Labute approximate surface area is 177 Å². The van der Waals surface area contributed by atoms with Gasteiger partial charge in [0.25, 0.3) is 5.91 Å². The minimum Gasteiger partial charge on any atom is -0.350 e. The number of rotatable bonds is 7. The van der Waals surface area contributed by atoms with Gasteiger partial charge in [-0.3, -0.25) is 4.79 Å². The summed E-state index contributed by atoms with van der Waals surface area (Å²) in [7, 11) is 0.387. The Morgan fingerprint density at radius 3 is 2.55 bits per heavy atom. The fraction of sp³-hybridized carbons (Fsp3) is 0.476. The number of aryl methyl sites for hydroxylation is 1. The molecule has 1 N–H and O–H groups in total. The summed E-state index contributed by atoms with van der Waals surface area (Å²) in [5, 5.41) is 7.08. The monoisotopic (exact) mass is 435 g/mol. The molecule has 6 nitrogen and oxygen atoms in total. The molecule has 1 saturated heterocycles. The molecule has 1 unspecified atom stereocenters. The third-order valence-electron chi connectivity index (χ3n) is 5.41. The molecule has 8 heteroatoms. The van der Waals surface area contributed by atoms with Crippen molar-refractivity contribution in [3.05, 3.63) is 51.7 Å². The lowest BCUT2D eigenvalue weighted by atomic mass is 10.1. The van der Waals surface area contributed by atoms with Gasteiger partial charge in [-0.2, -0.15) is 15.6 Å². The number of piperidine rings is 1. The lowest BCUT2D eigenvalue weighted by Crippen LogP contribution is -2.36. The van der Waals surface area contributed by atoms with Crippen molar-refractivity contribution < 1.29 is 13.2 Å². The average molecular weight is 436 g/mol. The molecule has 1 atom stereocenters. The molecule has 1 fully saturated rings. The number of hydrogen-bond acceptors (Lipinski definition) is 5. The van der Waals surface area contributed by atoms with E-state index in [9.17, 15) is 13.2 Å². The van der Waals surface area contributed by atoms with E-state index in [2.05, 4.69) is 21.7 Å². The average Bonchev–Trinajstić information content (AvgIpc) is 3.23. The van der Waals surface area contributed by atoms with Crippen molar-refractivity contribution in [1.82, 2.24) is 14.5 Å². The summed E-state index contributed by atoms with van der Waals surface area (Å²) in [6.45, 7) is 3.37. The van der Waals surface area contributed by atoms with Gasteiger partial charge in [-0.15, -0.1) is 0 Å². The van der Waals surface area contributed by atoms with E-state index in [0.717, 1.165) is 30.4 Å². The molecule has 0 radical (unpaired) electrons. The number of hydrogen-bond donors (Lipinski definition) is 1. The first-order valence-corrected chi connectivity index (χ1v) is 12.3. The molecule has 2 aromatic rings. The zero-order chi connectivity index (χ0) is 21.0. The summed E-state index contributed by atoms with van der Waals surface area (Å²) in [5.74, 6) is -0.250. The highest BCUT2D eigenvalue weighted by Crippen LogP contribution is 2.24. The van der Waals surface area contributed by atoms with Crippen LogP contribution in [0.5, 0.6) is 0 Å². The van der Waals surface area contributed by atoms with Gasteiger partial charge in [-0.1, -0.05) is 12.5 Å². The highest BCUT2D eigenvalue weighted by molar-refractivity contribution is 7.89. The Balaban J connectivity index is 1.77. The summed E-state index contributed by atoms with van der Waals surface area (Å²) in [5.41, 5.74) is 2.32. The van der Waals surface area contributed by atoms with Crippen LogP contribution in [0, 0.1) is 6.92 Å². The Kier molecular flexibility index (Phi) is 7.10. The molecule has 1 aliphatic heterocycles. The maximum Gasteiger partial charge on any atom is 0.251 e. The molecule has 1 aromatic heterocycles. The molecule has 0 spiro atoms. The normalized spacial score (nSPS) is 16.7. The van der Waals surface area contributed by atoms with Gasteiger partial charge < -0.3 is 10.2 Å². The van der Waals surface area contributed by atoms with Gasteiger partial charge in [-0.05, 0) is 73.9 Å². The molecular formula is C21H29N3O3S2. The van der Waals surface area contributed by atoms with Gasteiger partial charge in [0, 0.05) is 25.2 Å². The van der Waals surface area contributed by atoms with Gasteiger partial charge in [0.2, 0.25) is 10.0 Å². The first kappa shape index (κ1) is 22.0. The standard InChI is InChI=1S/C21H29N3O3S2/c1-16-7-8-18(29(26,27)24-10-5-4-6-11-24)13-19(16)21(25)22-14-20(23(2)3)17-9-12-28-15-17/h7-9,12-13,15,20H,4-6,10-11,14H2,1-3H3,(H,22,25). The van der Waals surface area contributed by atoms with Crippen LogP contribution >= 0.6 is 11.3 Å². The third kappa shape index (κ3) is 5.06. The van der Waals surface area contributed by atoms with Crippen molar-refractivity contribution in [2.75, 3.05) is 33.7 Å². The fourth-order valence-electron chi connectivity index (χ4n) is 3.61. The van der Waals surface area contributed by atoms with E-state index >= 15 is 0 Å². The quantitative estimate of drug-likeness (QED) is 0.725. The Morgan fingerprint density at radius 1 is 1.21 bits per heavy atom. The van der Waals surface area contributed by atoms with Crippen molar-refractivity contribution in [1.29, 1.82) is 0 Å². The first-order valence-electron chi connectivity index (χ1n) is 9.88. The van der Waals surface area contributed by atoms with Gasteiger partial charge in [0.1, 0.15) is 0 Å². The van der Waals surface area contributed by atoms with Gasteiger partial charge in [-0.25, -0.2) is 8.42 Å². The Bertz CT molecular complexity index is 934. The van der Waals surface area contributed by atoms with Crippen LogP contribution in [-0.4, -0.2) is 57.3 Å². The highest BCUT2D eigenvalue weighted by Gasteiger charge is 2.27. The van der Waals surface area contributed by atoms with Crippen molar-refractivity contribution in [3.63, 3.8) is 0 Å². The molecule has 2 heterocycles. The van der Waals surface area contributed by atoms with Crippen LogP contribution in [0.15, 0.2) is 39.9 Å². The highest BCUT2D eigenvalue weighted by atomic mass is 32.2. The van der Waals surface area contributed by atoms with Crippen molar-refractivity contribution in [2.45, 2.75) is 37.1 Å². The Morgan fingerprint density at radius 2 is 1.93 bits per heavy atom.